The second-order valence-corrected chi connectivity index (χ2v) is 7.13. The maximum Gasteiger partial charge on any atom is 0.358 e. The van der Waals surface area contributed by atoms with Gasteiger partial charge < -0.3 is 9.94 Å². The second-order valence-electron chi connectivity index (χ2n) is 6.00. The molecule has 32 heavy (non-hydrogen) atoms. The number of aliphatic carboxylic acids is 1. The molecule has 0 radical (unpaired) electrons. The second kappa shape index (κ2) is 8.09. The van der Waals surface area contributed by atoms with Crippen LogP contribution in [0.4, 0.5) is 22.7 Å². The van der Waals surface area contributed by atoms with Gasteiger partial charge in [0.05, 0.1) is 43.0 Å². The monoisotopic (exact) mass is 559 g/mol. The van der Waals surface area contributed by atoms with Gasteiger partial charge in [-0.1, -0.05) is 5.16 Å². The number of hydrogen-bond acceptors (Lipinski definition) is 11. The summed E-state index contributed by atoms with van der Waals surface area (Å²) in [5.74, 6) is -1.47. The zero-order valence-corrected chi connectivity index (χ0v) is 17.2. The van der Waals surface area contributed by atoms with Gasteiger partial charge in [0.25, 0.3) is 26.9 Å². The number of carbonyl (C=O) groups is 1. The summed E-state index contributed by atoms with van der Waals surface area (Å²) in [7, 11) is 0. The van der Waals surface area contributed by atoms with Crippen molar-refractivity contribution in [2.24, 2.45) is 5.16 Å². The Morgan fingerprint density at radius 3 is 1.56 bits per heavy atom. The number of rotatable bonds is 7. The SMILES string of the molecule is O=C(O)[C@@H](I)ON=C1c2cc([N+](=O)[O-])cc([N+](=O)[O-])c2-c2c1cc([N+](=O)[O-])cc2[N+](=O)[O-]. The summed E-state index contributed by atoms with van der Waals surface area (Å²) >= 11 is 1.32. The van der Waals surface area contributed by atoms with Crippen LogP contribution in [0.1, 0.15) is 11.1 Å². The number of carboxylic acids is 1. The van der Waals surface area contributed by atoms with Crippen LogP contribution in [0.3, 0.4) is 0 Å². The van der Waals surface area contributed by atoms with Crippen LogP contribution in [-0.2, 0) is 9.63 Å². The van der Waals surface area contributed by atoms with Crippen LogP contribution in [0.25, 0.3) is 11.1 Å². The summed E-state index contributed by atoms with van der Waals surface area (Å²) in [5, 5.41) is 58.3. The molecule has 17 heteroatoms. The molecule has 0 bridgehead atoms. The lowest BCUT2D eigenvalue weighted by Gasteiger charge is -2.05. The average Bonchev–Trinajstić information content (AvgIpc) is 3.03. The third-order valence-electron chi connectivity index (χ3n) is 4.21. The van der Waals surface area contributed by atoms with E-state index in [2.05, 4.69) is 5.16 Å². The first-order valence-electron chi connectivity index (χ1n) is 7.99. The van der Waals surface area contributed by atoms with E-state index in [0.717, 1.165) is 12.1 Å². The molecular formula is C15H6IN5O11. The molecule has 0 heterocycles. The molecule has 0 aromatic heterocycles. The Hall–Kier alpha value is -4.29. The highest BCUT2D eigenvalue weighted by molar-refractivity contribution is 14.1. The van der Waals surface area contributed by atoms with Crippen molar-refractivity contribution in [3.8, 4) is 11.1 Å². The first-order valence-corrected chi connectivity index (χ1v) is 9.24. The molecule has 1 atom stereocenters. The number of nitro benzene ring substituents is 4. The maximum absolute atomic E-state index is 11.6. The molecule has 0 spiro atoms. The first-order chi connectivity index (χ1) is 14.9. The highest BCUT2D eigenvalue weighted by Crippen LogP contribution is 2.50. The van der Waals surface area contributed by atoms with Crippen molar-refractivity contribution in [3.63, 3.8) is 0 Å². The van der Waals surface area contributed by atoms with Gasteiger partial charge in [-0.05, 0) is 22.6 Å². The molecule has 1 aliphatic rings. The number of nitrogens with zero attached hydrogens (tertiary/aromatic N) is 5. The van der Waals surface area contributed by atoms with Crippen molar-refractivity contribution in [1.29, 1.82) is 0 Å². The third-order valence-corrected chi connectivity index (χ3v) is 4.97. The zero-order chi connectivity index (χ0) is 23.9. The Balaban J connectivity index is 2.47. The number of halogens is 1. The minimum Gasteiger partial charge on any atom is -0.478 e. The number of oxime groups is 1. The standard InChI is InChI=1S/C15H6IN5O11/c16-14(15(22)23)32-17-13-7-1-5(18(24)25)3-9(20(28)29)11(7)12-8(13)2-6(19(26)27)4-10(12)21(30)31/h1-4,14H,(H,22,23)/t14-/m0/s1. The van der Waals surface area contributed by atoms with E-state index in [-0.39, 0.29) is 11.1 Å². The van der Waals surface area contributed by atoms with Crippen molar-refractivity contribution in [1.82, 2.24) is 0 Å². The topological polar surface area (TPSA) is 231 Å². The van der Waals surface area contributed by atoms with Gasteiger partial charge in [-0.25, -0.2) is 4.79 Å². The lowest BCUT2D eigenvalue weighted by molar-refractivity contribution is -0.395. The van der Waals surface area contributed by atoms with Gasteiger partial charge in [0.1, 0.15) is 5.71 Å². The number of benzene rings is 2. The average molecular weight is 559 g/mol. The zero-order valence-electron chi connectivity index (χ0n) is 15.0. The van der Waals surface area contributed by atoms with Gasteiger partial charge in [-0.15, -0.1) is 0 Å². The lowest BCUT2D eigenvalue weighted by atomic mass is 10.0. The van der Waals surface area contributed by atoms with Crippen molar-refractivity contribution in [3.05, 3.63) is 75.8 Å². The van der Waals surface area contributed by atoms with E-state index < -0.39 is 69.4 Å². The summed E-state index contributed by atoms with van der Waals surface area (Å²) in [6.07, 6.45) is 0. The minimum atomic E-state index is -1.57. The number of alkyl halides is 1. The van der Waals surface area contributed by atoms with E-state index in [1.54, 1.807) is 0 Å². The Labute approximate surface area is 187 Å². The summed E-state index contributed by atoms with van der Waals surface area (Å²) in [5.41, 5.74) is -5.40. The Morgan fingerprint density at radius 2 is 1.25 bits per heavy atom. The molecule has 1 aliphatic carbocycles. The molecule has 16 nitrogen and oxygen atoms in total. The molecule has 1 N–H and O–H groups in total. The predicted octanol–water partition coefficient (Wildman–Crippen LogP) is 2.91. The van der Waals surface area contributed by atoms with Crippen LogP contribution >= 0.6 is 22.6 Å². The highest BCUT2D eigenvalue weighted by atomic mass is 127. The van der Waals surface area contributed by atoms with Gasteiger partial charge in [0.15, 0.2) is 0 Å². The Bertz CT molecular complexity index is 1190. The molecular weight excluding hydrogens is 553 g/mol. The fourth-order valence-corrected chi connectivity index (χ4v) is 3.12. The predicted molar refractivity (Wildman–Crippen MR) is 111 cm³/mol. The molecule has 2 aromatic carbocycles. The molecule has 0 fully saturated rings. The fourth-order valence-electron chi connectivity index (χ4n) is 3.01. The first kappa shape index (κ1) is 22.4. The fraction of sp³-hybridized carbons (Fsp3) is 0.0667. The summed E-state index contributed by atoms with van der Waals surface area (Å²) in [6.45, 7) is 0. The summed E-state index contributed by atoms with van der Waals surface area (Å²) < 4.78 is -1.57. The number of carboxylic acid groups (broad SMARTS) is 1. The van der Waals surface area contributed by atoms with E-state index in [1.165, 1.54) is 22.6 Å². The molecule has 3 rings (SSSR count). The molecule has 0 amide bonds. The normalized spacial score (nSPS) is 12.3. The van der Waals surface area contributed by atoms with Gasteiger partial charge >= 0.3 is 5.97 Å². The van der Waals surface area contributed by atoms with E-state index in [0.29, 0.717) is 12.1 Å². The third kappa shape index (κ3) is 3.75. The van der Waals surface area contributed by atoms with Crippen molar-refractivity contribution < 1.29 is 34.4 Å². The maximum atomic E-state index is 11.6. The molecule has 0 saturated heterocycles. The van der Waals surface area contributed by atoms with Crippen molar-refractivity contribution in [2.75, 3.05) is 0 Å². The number of nitro groups is 4. The highest BCUT2D eigenvalue weighted by Gasteiger charge is 2.41. The Morgan fingerprint density at radius 1 is 0.844 bits per heavy atom. The van der Waals surface area contributed by atoms with Crippen LogP contribution in [0.2, 0.25) is 0 Å². The van der Waals surface area contributed by atoms with Crippen molar-refractivity contribution in [2.45, 2.75) is 4.11 Å². The molecule has 0 aliphatic heterocycles. The Kier molecular flexibility index (Phi) is 5.66. The number of hydrogen-bond donors (Lipinski definition) is 1. The van der Waals surface area contributed by atoms with E-state index in [4.69, 9.17) is 9.94 Å². The van der Waals surface area contributed by atoms with Crippen molar-refractivity contribution >= 4 is 57.0 Å². The molecule has 2 aromatic rings. The van der Waals surface area contributed by atoms with Crippen LogP contribution in [0.5, 0.6) is 0 Å². The largest absolute Gasteiger partial charge is 0.478 e. The van der Waals surface area contributed by atoms with Gasteiger partial charge in [0.2, 0.25) is 0 Å². The minimum absolute atomic E-state index is 0.363. The van der Waals surface area contributed by atoms with Crippen LogP contribution in [0, 0.1) is 40.5 Å². The number of fused-ring (bicyclic) bond motifs is 3. The number of non-ortho nitro benzene ring substituents is 2. The van der Waals surface area contributed by atoms with Gasteiger partial charge in [-0.2, -0.15) is 0 Å². The quantitative estimate of drug-likeness (QED) is 0.191. The van der Waals surface area contributed by atoms with Gasteiger partial charge in [0, 0.05) is 23.3 Å². The van der Waals surface area contributed by atoms with Gasteiger partial charge in [-0.3, -0.25) is 40.5 Å². The summed E-state index contributed by atoms with van der Waals surface area (Å²) in [4.78, 5) is 57.6. The summed E-state index contributed by atoms with van der Waals surface area (Å²) in [6, 6.07) is 2.80. The van der Waals surface area contributed by atoms with Crippen LogP contribution in [-0.4, -0.2) is 40.6 Å². The van der Waals surface area contributed by atoms with E-state index in [1.807, 2.05) is 0 Å². The smallest absolute Gasteiger partial charge is 0.358 e. The van der Waals surface area contributed by atoms with Crippen LogP contribution < -0.4 is 0 Å². The molecule has 164 valence electrons. The van der Waals surface area contributed by atoms with Crippen LogP contribution in [0.15, 0.2) is 29.4 Å². The molecule has 0 unspecified atom stereocenters. The van der Waals surface area contributed by atoms with E-state index >= 15 is 0 Å². The van der Waals surface area contributed by atoms with E-state index in [9.17, 15) is 45.3 Å². The molecule has 0 saturated carbocycles. The lowest BCUT2D eigenvalue weighted by Crippen LogP contribution is -2.15.